The van der Waals surface area contributed by atoms with Gasteiger partial charge >= 0.3 is 0 Å². The lowest BCUT2D eigenvalue weighted by molar-refractivity contribution is -0.384. The average molecular weight is 575 g/mol. The molecule has 0 aliphatic heterocycles. The van der Waals surface area contributed by atoms with Gasteiger partial charge in [0.15, 0.2) is 0 Å². The zero-order chi connectivity index (χ0) is 30.2. The topological polar surface area (TPSA) is 125 Å². The monoisotopic (exact) mass is 574 g/mol. The molecule has 0 unspecified atom stereocenters. The Hall–Kier alpha value is -4.18. The third-order valence-electron chi connectivity index (χ3n) is 6.97. The van der Waals surface area contributed by atoms with E-state index in [4.69, 9.17) is 4.74 Å². The molecule has 10 nitrogen and oxygen atoms in total. The van der Waals surface area contributed by atoms with Crippen LogP contribution in [0.1, 0.15) is 63.9 Å². The highest BCUT2D eigenvalue weighted by Gasteiger charge is 2.10. The molecule has 0 spiro atoms. The van der Waals surface area contributed by atoms with Gasteiger partial charge in [-0.15, -0.1) is 5.11 Å². The minimum atomic E-state index is -0.456. The Balaban J connectivity index is 1.61. The predicted molar refractivity (Wildman–Crippen MR) is 168 cm³/mol. The molecule has 0 aromatic heterocycles. The van der Waals surface area contributed by atoms with Gasteiger partial charge in [-0.3, -0.25) is 10.1 Å². The fourth-order valence-corrected chi connectivity index (χ4v) is 4.53. The number of aliphatic hydroxyl groups is 1. The van der Waals surface area contributed by atoms with Crippen molar-refractivity contribution in [1.82, 2.24) is 0 Å². The smallest absolute Gasteiger partial charge is 0.269 e. The Labute approximate surface area is 248 Å². The van der Waals surface area contributed by atoms with Crippen molar-refractivity contribution < 1.29 is 14.8 Å². The highest BCUT2D eigenvalue weighted by molar-refractivity contribution is 5.63. The summed E-state index contributed by atoms with van der Waals surface area (Å²) in [5.74, 6) is 0.498. The molecular formula is C32H42N6O4. The van der Waals surface area contributed by atoms with Gasteiger partial charge in [-0.25, -0.2) is 0 Å². The minimum Gasteiger partial charge on any atom is -0.494 e. The van der Waals surface area contributed by atoms with Crippen molar-refractivity contribution in [3.8, 4) is 5.75 Å². The van der Waals surface area contributed by atoms with Gasteiger partial charge in [0.1, 0.15) is 11.4 Å². The maximum Gasteiger partial charge on any atom is 0.269 e. The number of unbranched alkanes of at least 4 members (excludes halogenated alkanes) is 7. The Bertz CT molecular complexity index is 1310. The summed E-state index contributed by atoms with van der Waals surface area (Å²) in [6, 6.07) is 17.3. The predicted octanol–water partition coefficient (Wildman–Crippen LogP) is 9.68. The summed E-state index contributed by atoms with van der Waals surface area (Å²) in [4.78, 5) is 12.6. The number of ether oxygens (including phenoxy) is 1. The van der Waals surface area contributed by atoms with E-state index >= 15 is 0 Å². The number of aliphatic hydroxyl groups excluding tert-OH is 1. The molecule has 1 N–H and O–H groups in total. The zero-order valence-electron chi connectivity index (χ0n) is 24.9. The Morgan fingerprint density at radius 2 is 1.36 bits per heavy atom. The molecule has 0 aliphatic carbocycles. The van der Waals surface area contributed by atoms with Gasteiger partial charge in [0.2, 0.25) is 0 Å². The van der Waals surface area contributed by atoms with Crippen LogP contribution in [0.15, 0.2) is 81.1 Å². The van der Waals surface area contributed by atoms with Crippen LogP contribution in [0.3, 0.4) is 0 Å². The Morgan fingerprint density at radius 1 is 0.786 bits per heavy atom. The van der Waals surface area contributed by atoms with Crippen LogP contribution in [-0.2, 0) is 0 Å². The molecule has 0 atom stereocenters. The number of anilines is 1. The molecule has 0 fully saturated rings. The normalized spacial score (nSPS) is 11.4. The third-order valence-corrected chi connectivity index (χ3v) is 6.97. The number of hydrogen-bond donors (Lipinski definition) is 1. The zero-order valence-corrected chi connectivity index (χ0v) is 24.9. The van der Waals surface area contributed by atoms with Gasteiger partial charge in [-0.05, 0) is 61.4 Å². The van der Waals surface area contributed by atoms with Crippen molar-refractivity contribution in [1.29, 1.82) is 0 Å². The molecule has 224 valence electrons. The maximum absolute atomic E-state index is 10.8. The lowest BCUT2D eigenvalue weighted by Crippen LogP contribution is -2.27. The van der Waals surface area contributed by atoms with Crippen molar-refractivity contribution in [2.75, 3.05) is 31.7 Å². The lowest BCUT2D eigenvalue weighted by atomic mass is 10.1. The number of nitro groups is 1. The SMILES string of the molecule is CCCCCCCCCCN(CCO)c1ccc(/N=N/c2cc(C)c(/N=N/c3ccc([N+](=O)[O-])cc3)cc2OC)cc1. The highest BCUT2D eigenvalue weighted by Crippen LogP contribution is 2.36. The summed E-state index contributed by atoms with van der Waals surface area (Å²) in [7, 11) is 1.55. The number of non-ortho nitro benzene ring substituents is 1. The molecule has 10 heteroatoms. The molecule has 0 saturated heterocycles. The molecule has 42 heavy (non-hydrogen) atoms. The van der Waals surface area contributed by atoms with Crippen LogP contribution in [-0.4, -0.2) is 36.8 Å². The van der Waals surface area contributed by atoms with E-state index in [0.717, 1.165) is 24.2 Å². The first kappa shape index (κ1) is 32.3. The summed E-state index contributed by atoms with van der Waals surface area (Å²) in [5, 5.41) is 37.7. The minimum absolute atomic E-state index is 0.00237. The summed E-state index contributed by atoms with van der Waals surface area (Å²) < 4.78 is 5.52. The summed E-state index contributed by atoms with van der Waals surface area (Å²) in [5.41, 5.74) is 4.24. The van der Waals surface area contributed by atoms with E-state index in [1.807, 2.05) is 37.3 Å². The summed E-state index contributed by atoms with van der Waals surface area (Å²) in [6.45, 7) is 5.76. The number of nitrogens with zero attached hydrogens (tertiary/aromatic N) is 6. The molecule has 3 aromatic rings. The first-order valence-corrected chi connectivity index (χ1v) is 14.7. The van der Waals surface area contributed by atoms with E-state index < -0.39 is 4.92 Å². The van der Waals surface area contributed by atoms with E-state index in [1.165, 1.54) is 57.1 Å². The van der Waals surface area contributed by atoms with Crippen LogP contribution in [0.5, 0.6) is 5.75 Å². The summed E-state index contributed by atoms with van der Waals surface area (Å²) >= 11 is 0. The second-order valence-electron chi connectivity index (χ2n) is 10.2. The van der Waals surface area contributed by atoms with E-state index in [2.05, 4.69) is 32.3 Å². The Morgan fingerprint density at radius 3 is 1.93 bits per heavy atom. The molecule has 0 amide bonds. The van der Waals surface area contributed by atoms with E-state index in [0.29, 0.717) is 35.0 Å². The molecule has 0 radical (unpaired) electrons. The Kier molecular flexibility index (Phi) is 13.5. The van der Waals surface area contributed by atoms with Crippen LogP contribution >= 0.6 is 0 Å². The lowest BCUT2D eigenvalue weighted by Gasteiger charge is -2.24. The fraction of sp³-hybridized carbons (Fsp3) is 0.438. The average Bonchev–Trinajstić information content (AvgIpc) is 3.00. The fourth-order valence-electron chi connectivity index (χ4n) is 4.53. The van der Waals surface area contributed by atoms with Crippen LogP contribution < -0.4 is 9.64 Å². The van der Waals surface area contributed by atoms with Crippen molar-refractivity contribution in [3.05, 3.63) is 76.3 Å². The molecule has 0 aliphatic rings. The number of azo groups is 2. The number of methoxy groups -OCH3 is 1. The van der Waals surface area contributed by atoms with Crippen LogP contribution in [0.2, 0.25) is 0 Å². The van der Waals surface area contributed by atoms with Crippen LogP contribution in [0.25, 0.3) is 0 Å². The molecule has 0 heterocycles. The number of aryl methyl sites for hydroxylation is 1. The number of hydrogen-bond acceptors (Lipinski definition) is 9. The van der Waals surface area contributed by atoms with Gasteiger partial charge in [0.25, 0.3) is 5.69 Å². The van der Waals surface area contributed by atoms with E-state index in [-0.39, 0.29) is 12.3 Å². The quantitative estimate of drug-likeness (QED) is 0.0700. The van der Waals surface area contributed by atoms with Gasteiger partial charge in [-0.2, -0.15) is 15.3 Å². The first-order chi connectivity index (χ1) is 20.4. The van der Waals surface area contributed by atoms with Crippen molar-refractivity contribution in [2.45, 2.75) is 65.2 Å². The number of nitro benzene ring substituents is 1. The van der Waals surface area contributed by atoms with Crippen molar-refractivity contribution in [3.63, 3.8) is 0 Å². The molecule has 0 bridgehead atoms. The van der Waals surface area contributed by atoms with Gasteiger partial charge in [0.05, 0.1) is 35.7 Å². The number of benzene rings is 3. The second kappa shape index (κ2) is 17.6. The molecule has 3 rings (SSSR count). The van der Waals surface area contributed by atoms with Crippen LogP contribution in [0.4, 0.5) is 34.1 Å². The first-order valence-electron chi connectivity index (χ1n) is 14.7. The largest absolute Gasteiger partial charge is 0.494 e. The van der Waals surface area contributed by atoms with Crippen LogP contribution in [0, 0.1) is 17.0 Å². The molecule has 3 aromatic carbocycles. The molecule has 0 saturated carbocycles. The van der Waals surface area contributed by atoms with E-state index in [1.54, 1.807) is 25.3 Å². The van der Waals surface area contributed by atoms with Crippen molar-refractivity contribution in [2.24, 2.45) is 20.5 Å². The second-order valence-corrected chi connectivity index (χ2v) is 10.2. The summed E-state index contributed by atoms with van der Waals surface area (Å²) in [6.07, 6.45) is 10.2. The van der Waals surface area contributed by atoms with Crippen molar-refractivity contribution >= 4 is 34.1 Å². The van der Waals surface area contributed by atoms with E-state index in [9.17, 15) is 15.2 Å². The highest BCUT2D eigenvalue weighted by atomic mass is 16.6. The molecular weight excluding hydrogens is 532 g/mol. The van der Waals surface area contributed by atoms with Gasteiger partial charge < -0.3 is 14.7 Å². The third kappa shape index (κ3) is 10.3. The maximum atomic E-state index is 10.8. The number of rotatable bonds is 18. The standard InChI is InChI=1S/C32H42N6O4/c1-4-5-6-7-8-9-10-11-20-37(21-22-39)28-16-12-26(13-17-28)34-36-31-23-25(2)30(24-32(31)42-3)35-33-27-14-18-29(19-15-27)38(40)41/h12-19,23-24,39H,4-11,20-22H2,1-3H3/b35-33+,36-34+. The van der Waals surface area contributed by atoms with Gasteiger partial charge in [-0.1, -0.05) is 51.9 Å². The van der Waals surface area contributed by atoms with Gasteiger partial charge in [0, 0.05) is 37.0 Å².